The Labute approximate surface area is 95.1 Å². The van der Waals surface area contributed by atoms with Crippen molar-refractivity contribution >= 4 is 16.2 Å². The molecule has 7 heteroatoms. The Bertz CT molecular complexity index is 366. The molecule has 1 saturated heterocycles. The fourth-order valence-electron chi connectivity index (χ4n) is 1.60. The minimum Gasteiger partial charge on any atom is -0.481 e. The molecule has 0 spiro atoms. The molecule has 0 bridgehead atoms. The number of hydrogen-bond acceptors (Lipinski definition) is 3. The van der Waals surface area contributed by atoms with E-state index >= 15 is 0 Å². The van der Waals surface area contributed by atoms with Gasteiger partial charge in [0.1, 0.15) is 0 Å². The minimum atomic E-state index is -3.39. The second-order valence-corrected chi connectivity index (χ2v) is 5.51. The molecule has 1 fully saturated rings. The lowest BCUT2D eigenvalue weighted by atomic mass is 10.0. The summed E-state index contributed by atoms with van der Waals surface area (Å²) in [6.45, 7) is 4.41. The quantitative estimate of drug-likeness (QED) is 0.660. The Morgan fingerprint density at radius 2 is 2.31 bits per heavy atom. The van der Waals surface area contributed by atoms with Crippen LogP contribution in [0.3, 0.4) is 0 Å². The number of carbonyl (C=O) groups is 1. The predicted octanol–water partition coefficient (Wildman–Crippen LogP) is -0.197. The molecule has 1 atom stereocenters. The number of carboxylic acids is 1. The van der Waals surface area contributed by atoms with Crippen molar-refractivity contribution in [2.45, 2.75) is 12.8 Å². The Hall–Kier alpha value is -0.920. The smallest absolute Gasteiger partial charge is 0.303 e. The molecule has 0 radical (unpaired) electrons. The van der Waals surface area contributed by atoms with Crippen LogP contribution in [0.4, 0.5) is 0 Å². The highest BCUT2D eigenvalue weighted by atomic mass is 32.2. The third kappa shape index (κ3) is 3.58. The van der Waals surface area contributed by atoms with E-state index in [1.165, 1.54) is 10.4 Å². The molecule has 1 heterocycles. The maximum Gasteiger partial charge on any atom is 0.303 e. The lowest BCUT2D eigenvalue weighted by molar-refractivity contribution is -0.137. The average molecular weight is 248 g/mol. The van der Waals surface area contributed by atoms with Crippen molar-refractivity contribution in [1.82, 2.24) is 9.03 Å². The molecule has 1 rings (SSSR count). The molecule has 0 aromatic rings. The predicted molar refractivity (Wildman–Crippen MR) is 59.1 cm³/mol. The van der Waals surface area contributed by atoms with Gasteiger partial charge in [-0.2, -0.15) is 12.7 Å². The van der Waals surface area contributed by atoms with Crippen LogP contribution in [0.5, 0.6) is 0 Å². The number of hydrogen-bond donors (Lipinski definition) is 2. The fraction of sp³-hybridized carbons (Fsp3) is 0.667. The van der Waals surface area contributed by atoms with Gasteiger partial charge in [0.15, 0.2) is 0 Å². The van der Waals surface area contributed by atoms with E-state index in [4.69, 9.17) is 5.11 Å². The molecule has 2 N–H and O–H groups in total. The summed E-state index contributed by atoms with van der Waals surface area (Å²) in [4.78, 5) is 10.4. The van der Waals surface area contributed by atoms with Gasteiger partial charge in [-0.1, -0.05) is 6.08 Å². The fourth-order valence-corrected chi connectivity index (χ4v) is 2.94. The minimum absolute atomic E-state index is 0.0413. The second kappa shape index (κ2) is 5.42. The zero-order chi connectivity index (χ0) is 12.2. The van der Waals surface area contributed by atoms with E-state index in [0.29, 0.717) is 19.5 Å². The van der Waals surface area contributed by atoms with Gasteiger partial charge in [0.05, 0.1) is 0 Å². The van der Waals surface area contributed by atoms with E-state index in [2.05, 4.69) is 11.3 Å². The van der Waals surface area contributed by atoms with E-state index in [9.17, 15) is 13.2 Å². The number of nitrogens with one attached hydrogen (secondary N) is 1. The van der Waals surface area contributed by atoms with E-state index in [1.807, 2.05) is 0 Å². The van der Waals surface area contributed by atoms with E-state index in [1.54, 1.807) is 0 Å². The normalized spacial score (nSPS) is 25.1. The molecule has 0 amide bonds. The third-order valence-electron chi connectivity index (χ3n) is 2.46. The van der Waals surface area contributed by atoms with Gasteiger partial charge in [-0.25, -0.2) is 4.72 Å². The summed E-state index contributed by atoms with van der Waals surface area (Å²) in [5.41, 5.74) is 0. The zero-order valence-electron chi connectivity index (χ0n) is 8.92. The topological polar surface area (TPSA) is 86.7 Å². The van der Waals surface area contributed by atoms with Crippen LogP contribution >= 0.6 is 0 Å². The summed E-state index contributed by atoms with van der Waals surface area (Å²) in [6, 6.07) is 0. The monoisotopic (exact) mass is 248 g/mol. The molecule has 1 aliphatic heterocycles. The number of rotatable bonds is 5. The highest BCUT2D eigenvalue weighted by molar-refractivity contribution is 7.87. The van der Waals surface area contributed by atoms with Gasteiger partial charge in [-0.15, -0.1) is 6.58 Å². The average Bonchev–Trinajstić information content (AvgIpc) is 2.19. The van der Waals surface area contributed by atoms with Gasteiger partial charge < -0.3 is 5.11 Å². The Morgan fingerprint density at radius 3 is 2.88 bits per heavy atom. The third-order valence-corrected chi connectivity index (χ3v) is 3.96. The Kier molecular flexibility index (Phi) is 4.45. The van der Waals surface area contributed by atoms with Crippen molar-refractivity contribution in [2.75, 3.05) is 19.6 Å². The standard InChI is InChI=1S/C9H16N2O4S/c1-2-5-11-7-8(3-4-9(12)13)6-10-16(11,14)15/h2,8,10H,1,3-7H2,(H,12,13). The summed E-state index contributed by atoms with van der Waals surface area (Å²) in [7, 11) is -3.39. The summed E-state index contributed by atoms with van der Waals surface area (Å²) in [5, 5.41) is 8.55. The van der Waals surface area contributed by atoms with Gasteiger partial charge in [-0.3, -0.25) is 4.79 Å². The molecular formula is C9H16N2O4S. The summed E-state index contributed by atoms with van der Waals surface area (Å²) < 4.78 is 26.7. The van der Waals surface area contributed by atoms with Crippen LogP contribution in [0.1, 0.15) is 12.8 Å². The number of carboxylic acid groups (broad SMARTS) is 1. The van der Waals surface area contributed by atoms with E-state index < -0.39 is 16.2 Å². The van der Waals surface area contributed by atoms with Gasteiger partial charge in [0.25, 0.3) is 10.2 Å². The number of nitrogens with zero attached hydrogens (tertiary/aromatic N) is 1. The molecule has 0 saturated carbocycles. The first kappa shape index (κ1) is 13.1. The van der Waals surface area contributed by atoms with Crippen LogP contribution in [0.25, 0.3) is 0 Å². The molecule has 1 unspecified atom stereocenters. The Morgan fingerprint density at radius 1 is 1.62 bits per heavy atom. The molecule has 16 heavy (non-hydrogen) atoms. The van der Waals surface area contributed by atoms with E-state index in [-0.39, 0.29) is 18.9 Å². The highest BCUT2D eigenvalue weighted by Crippen LogP contribution is 2.15. The first-order chi connectivity index (χ1) is 7.45. The van der Waals surface area contributed by atoms with Crippen LogP contribution in [0.15, 0.2) is 12.7 Å². The molecule has 0 aromatic carbocycles. The molecule has 6 nitrogen and oxygen atoms in total. The van der Waals surface area contributed by atoms with Crippen LogP contribution in [-0.2, 0) is 15.0 Å². The zero-order valence-corrected chi connectivity index (χ0v) is 9.74. The number of aliphatic carboxylic acids is 1. The molecule has 92 valence electrons. The van der Waals surface area contributed by atoms with Crippen LogP contribution in [0.2, 0.25) is 0 Å². The molecule has 0 aliphatic carbocycles. The SMILES string of the molecule is C=CCN1CC(CCC(=O)O)CNS1(=O)=O. The van der Waals surface area contributed by atoms with Crippen molar-refractivity contribution in [3.8, 4) is 0 Å². The summed E-state index contributed by atoms with van der Waals surface area (Å²) in [6.07, 6.45) is 2.05. The molecule has 0 aromatic heterocycles. The molecule has 1 aliphatic rings. The van der Waals surface area contributed by atoms with Crippen molar-refractivity contribution in [1.29, 1.82) is 0 Å². The highest BCUT2D eigenvalue weighted by Gasteiger charge is 2.30. The van der Waals surface area contributed by atoms with Gasteiger partial charge in [0.2, 0.25) is 0 Å². The van der Waals surface area contributed by atoms with Crippen molar-refractivity contribution in [3.63, 3.8) is 0 Å². The lowest BCUT2D eigenvalue weighted by Gasteiger charge is -2.31. The first-order valence-electron chi connectivity index (χ1n) is 5.03. The van der Waals surface area contributed by atoms with Crippen LogP contribution in [0, 0.1) is 5.92 Å². The van der Waals surface area contributed by atoms with Gasteiger partial charge >= 0.3 is 5.97 Å². The van der Waals surface area contributed by atoms with E-state index in [0.717, 1.165) is 0 Å². The largest absolute Gasteiger partial charge is 0.481 e. The van der Waals surface area contributed by atoms with Crippen molar-refractivity contribution in [3.05, 3.63) is 12.7 Å². The van der Waals surface area contributed by atoms with Crippen LogP contribution < -0.4 is 4.72 Å². The van der Waals surface area contributed by atoms with Gasteiger partial charge in [0, 0.05) is 26.1 Å². The maximum absolute atomic E-state index is 11.5. The summed E-state index contributed by atoms with van der Waals surface area (Å²) in [5.74, 6) is -0.816. The maximum atomic E-state index is 11.5. The summed E-state index contributed by atoms with van der Waals surface area (Å²) >= 11 is 0. The van der Waals surface area contributed by atoms with Crippen molar-refractivity contribution < 1.29 is 18.3 Å². The van der Waals surface area contributed by atoms with Crippen molar-refractivity contribution in [2.24, 2.45) is 5.92 Å². The van der Waals surface area contributed by atoms with Gasteiger partial charge in [-0.05, 0) is 12.3 Å². The Balaban J connectivity index is 2.55. The first-order valence-corrected chi connectivity index (χ1v) is 6.47. The lowest BCUT2D eigenvalue weighted by Crippen LogP contribution is -2.51. The van der Waals surface area contributed by atoms with Crippen LogP contribution in [-0.4, -0.2) is 43.4 Å². The molecular weight excluding hydrogens is 232 g/mol. The second-order valence-electron chi connectivity index (χ2n) is 3.76.